The lowest BCUT2D eigenvalue weighted by Crippen LogP contribution is -2.27. The Labute approximate surface area is 248 Å². The monoisotopic (exact) mass is 588 g/mol. The normalized spacial score (nSPS) is 12.9. The third-order valence-electron chi connectivity index (χ3n) is 6.94. The molecule has 224 valence electrons. The summed E-state index contributed by atoms with van der Waals surface area (Å²) >= 11 is 0. The summed E-state index contributed by atoms with van der Waals surface area (Å²) in [5, 5.41) is 32.6. The zero-order valence-electron chi connectivity index (χ0n) is 23.9. The van der Waals surface area contributed by atoms with E-state index >= 15 is 0 Å². The Balaban J connectivity index is 1.90. The quantitative estimate of drug-likeness (QED) is 0.157. The molecule has 0 unspecified atom stereocenters. The molecule has 0 fully saturated rings. The SMILES string of the molecule is CC(C)n1c(C=C[C@@H](O)C[C@@H](O)CC(=O)O)c(-c2ccc(F)cc2)c(-c2ccccc2)c1C(=O)NCc1ccc(F)cc1. The Morgan fingerprint density at radius 3 is 2.02 bits per heavy atom. The Hall–Kier alpha value is -4.60. The fraction of sp³-hybridized carbons (Fsp3) is 0.235. The maximum atomic E-state index is 14.0. The van der Waals surface area contributed by atoms with E-state index < -0.39 is 36.3 Å². The van der Waals surface area contributed by atoms with Gasteiger partial charge in [0.15, 0.2) is 0 Å². The fourth-order valence-electron chi connectivity index (χ4n) is 5.04. The highest BCUT2D eigenvalue weighted by Gasteiger charge is 2.29. The van der Waals surface area contributed by atoms with E-state index in [0.717, 1.165) is 5.56 Å². The fourth-order valence-corrected chi connectivity index (χ4v) is 5.04. The predicted molar refractivity (Wildman–Crippen MR) is 161 cm³/mol. The van der Waals surface area contributed by atoms with Crippen molar-refractivity contribution in [2.45, 2.75) is 51.5 Å². The molecule has 1 aromatic heterocycles. The predicted octanol–water partition coefficient (Wildman–Crippen LogP) is 6.21. The van der Waals surface area contributed by atoms with Gasteiger partial charge in [-0.3, -0.25) is 9.59 Å². The van der Waals surface area contributed by atoms with Crippen molar-refractivity contribution in [2.24, 2.45) is 0 Å². The number of halogens is 2. The van der Waals surface area contributed by atoms with Crippen LogP contribution in [0.4, 0.5) is 8.78 Å². The molecule has 4 aromatic rings. The molecule has 0 aliphatic heterocycles. The molecule has 4 rings (SSSR count). The maximum Gasteiger partial charge on any atom is 0.305 e. The van der Waals surface area contributed by atoms with Crippen molar-refractivity contribution in [2.75, 3.05) is 0 Å². The molecule has 43 heavy (non-hydrogen) atoms. The van der Waals surface area contributed by atoms with Gasteiger partial charge in [-0.1, -0.05) is 60.7 Å². The number of nitrogens with zero attached hydrogens (tertiary/aromatic N) is 1. The van der Waals surface area contributed by atoms with Crippen LogP contribution >= 0.6 is 0 Å². The van der Waals surface area contributed by atoms with Crippen molar-refractivity contribution < 1.29 is 33.7 Å². The molecule has 0 bridgehead atoms. The van der Waals surface area contributed by atoms with E-state index in [9.17, 15) is 28.6 Å². The first-order valence-corrected chi connectivity index (χ1v) is 13.9. The van der Waals surface area contributed by atoms with Crippen molar-refractivity contribution >= 4 is 18.0 Å². The van der Waals surface area contributed by atoms with Gasteiger partial charge in [-0.05, 0) is 60.9 Å². The zero-order valence-corrected chi connectivity index (χ0v) is 23.9. The van der Waals surface area contributed by atoms with Gasteiger partial charge in [-0.25, -0.2) is 8.78 Å². The van der Waals surface area contributed by atoms with Crippen molar-refractivity contribution in [1.29, 1.82) is 0 Å². The van der Waals surface area contributed by atoms with E-state index in [2.05, 4.69) is 5.32 Å². The highest BCUT2D eigenvalue weighted by molar-refractivity contribution is 6.06. The molecule has 7 nitrogen and oxygen atoms in total. The summed E-state index contributed by atoms with van der Waals surface area (Å²) < 4.78 is 29.3. The molecule has 4 N–H and O–H groups in total. The minimum absolute atomic E-state index is 0.147. The molecular formula is C34H34F2N2O5. The maximum absolute atomic E-state index is 14.0. The summed E-state index contributed by atoms with van der Waals surface area (Å²) in [6.45, 7) is 3.96. The second-order valence-corrected chi connectivity index (χ2v) is 10.5. The van der Waals surface area contributed by atoms with E-state index in [1.54, 1.807) is 30.3 Å². The minimum atomic E-state index is -1.25. The number of carbonyl (C=O) groups is 2. The van der Waals surface area contributed by atoms with Crippen LogP contribution in [0.2, 0.25) is 0 Å². The van der Waals surface area contributed by atoms with Gasteiger partial charge >= 0.3 is 5.97 Å². The number of aliphatic hydroxyl groups excluding tert-OH is 2. The van der Waals surface area contributed by atoms with Gasteiger partial charge < -0.3 is 25.2 Å². The molecule has 1 amide bonds. The van der Waals surface area contributed by atoms with Gasteiger partial charge in [0.25, 0.3) is 5.91 Å². The summed E-state index contributed by atoms with van der Waals surface area (Å²) in [5.41, 5.74) is 4.19. The highest BCUT2D eigenvalue weighted by atomic mass is 19.1. The number of aromatic nitrogens is 1. The zero-order chi connectivity index (χ0) is 31.1. The lowest BCUT2D eigenvalue weighted by Gasteiger charge is -2.17. The summed E-state index contributed by atoms with van der Waals surface area (Å²) in [6.07, 6.45) is -0.0558. The first-order valence-electron chi connectivity index (χ1n) is 13.9. The van der Waals surface area contributed by atoms with Gasteiger partial charge in [-0.2, -0.15) is 0 Å². The van der Waals surface area contributed by atoms with Gasteiger partial charge in [0.1, 0.15) is 17.3 Å². The van der Waals surface area contributed by atoms with Crippen LogP contribution in [0.1, 0.15) is 54.5 Å². The first kappa shape index (κ1) is 31.3. The van der Waals surface area contributed by atoms with Crippen molar-refractivity contribution in [3.05, 3.63) is 114 Å². The Morgan fingerprint density at radius 2 is 1.44 bits per heavy atom. The van der Waals surface area contributed by atoms with Crippen LogP contribution in [0.25, 0.3) is 28.3 Å². The largest absolute Gasteiger partial charge is 0.481 e. The number of aliphatic carboxylic acids is 1. The topological polar surface area (TPSA) is 112 Å². The number of carboxylic acid groups (broad SMARTS) is 1. The second kappa shape index (κ2) is 14.0. The Bertz CT molecular complexity index is 1580. The minimum Gasteiger partial charge on any atom is -0.481 e. The van der Waals surface area contributed by atoms with Gasteiger partial charge in [0, 0.05) is 35.8 Å². The number of hydrogen-bond acceptors (Lipinski definition) is 4. The van der Waals surface area contributed by atoms with Gasteiger partial charge in [0.05, 0.1) is 18.6 Å². The molecule has 0 spiro atoms. The summed E-state index contributed by atoms with van der Waals surface area (Å²) in [7, 11) is 0. The van der Waals surface area contributed by atoms with Crippen LogP contribution in [0.3, 0.4) is 0 Å². The molecule has 0 radical (unpaired) electrons. The average Bonchev–Trinajstić information content (AvgIpc) is 3.31. The van der Waals surface area contributed by atoms with Crippen molar-refractivity contribution in [1.82, 2.24) is 9.88 Å². The van der Waals surface area contributed by atoms with Crippen molar-refractivity contribution in [3.63, 3.8) is 0 Å². The van der Waals surface area contributed by atoms with Crippen LogP contribution in [0, 0.1) is 11.6 Å². The van der Waals surface area contributed by atoms with E-state index in [1.807, 2.05) is 48.7 Å². The molecular weight excluding hydrogens is 554 g/mol. The molecule has 0 aliphatic rings. The van der Waals surface area contributed by atoms with Crippen LogP contribution in [-0.4, -0.2) is 44.0 Å². The molecule has 0 aliphatic carbocycles. The number of rotatable bonds is 12. The van der Waals surface area contributed by atoms with E-state index in [0.29, 0.717) is 33.6 Å². The molecule has 9 heteroatoms. The smallest absolute Gasteiger partial charge is 0.305 e. The number of carbonyl (C=O) groups excluding carboxylic acids is 1. The molecule has 2 atom stereocenters. The van der Waals surface area contributed by atoms with Crippen molar-refractivity contribution in [3.8, 4) is 22.3 Å². The number of nitrogens with one attached hydrogen (secondary N) is 1. The molecule has 0 saturated heterocycles. The molecule has 1 heterocycles. The highest BCUT2D eigenvalue weighted by Crippen LogP contribution is 2.42. The van der Waals surface area contributed by atoms with E-state index in [1.165, 1.54) is 30.3 Å². The van der Waals surface area contributed by atoms with E-state index in [4.69, 9.17) is 5.11 Å². The third kappa shape index (κ3) is 7.82. The lowest BCUT2D eigenvalue weighted by atomic mass is 9.94. The second-order valence-electron chi connectivity index (χ2n) is 10.5. The van der Waals surface area contributed by atoms with Crippen LogP contribution in [-0.2, 0) is 11.3 Å². The van der Waals surface area contributed by atoms with Crippen LogP contribution in [0.15, 0.2) is 84.9 Å². The van der Waals surface area contributed by atoms with Gasteiger partial charge in [-0.15, -0.1) is 0 Å². The number of hydrogen-bond donors (Lipinski definition) is 4. The standard InChI is InChI=1S/C34H34F2N2O5/c1-21(2)38-29(17-16-27(39)18-28(40)19-30(41)42)31(24-10-14-26(36)15-11-24)32(23-6-4-3-5-7-23)33(38)34(43)37-20-22-8-12-25(35)13-9-22/h3-17,21,27-28,39-40H,18-20H2,1-2H3,(H,37,43)(H,41,42)/t27-,28-/m1/s1. The number of benzene rings is 3. The summed E-state index contributed by atoms with van der Waals surface area (Å²) in [4.78, 5) is 25.0. The summed E-state index contributed by atoms with van der Waals surface area (Å²) in [6, 6.07) is 20.8. The molecule has 3 aromatic carbocycles. The van der Waals surface area contributed by atoms with Crippen LogP contribution in [0.5, 0.6) is 0 Å². The number of amides is 1. The Morgan fingerprint density at radius 1 is 0.860 bits per heavy atom. The Kier molecular flexibility index (Phi) is 10.2. The number of carboxylic acids is 1. The molecule has 0 saturated carbocycles. The lowest BCUT2D eigenvalue weighted by molar-refractivity contribution is -0.139. The van der Waals surface area contributed by atoms with Gasteiger partial charge in [0.2, 0.25) is 0 Å². The van der Waals surface area contributed by atoms with Crippen LogP contribution < -0.4 is 5.32 Å². The average molecular weight is 589 g/mol. The van der Waals surface area contributed by atoms with E-state index in [-0.39, 0.29) is 24.8 Å². The third-order valence-corrected chi connectivity index (χ3v) is 6.94. The first-order chi connectivity index (χ1) is 20.5. The summed E-state index contributed by atoms with van der Waals surface area (Å²) in [5.74, 6) is -2.38. The number of aliphatic hydroxyl groups is 2.